The van der Waals surface area contributed by atoms with Crippen LogP contribution in [0.1, 0.15) is 30.8 Å². The van der Waals surface area contributed by atoms with E-state index in [4.69, 9.17) is 0 Å². The van der Waals surface area contributed by atoms with Gasteiger partial charge in [-0.3, -0.25) is 13.9 Å². The number of nitrogens with zero attached hydrogens (tertiary/aromatic N) is 5. The van der Waals surface area contributed by atoms with Crippen molar-refractivity contribution in [1.82, 2.24) is 19.1 Å². The SMILES string of the molecule is Cc1nc(SCc2ccccc2C#N)c2c(=O)n(C)c(=O)n(CC(C)C)c2n1. The summed E-state index contributed by atoms with van der Waals surface area (Å²) in [6.07, 6.45) is 0. The molecule has 0 amide bonds. The van der Waals surface area contributed by atoms with Crippen LogP contribution in [0.5, 0.6) is 0 Å². The largest absolute Gasteiger partial charge is 0.332 e. The van der Waals surface area contributed by atoms with Crippen LogP contribution in [0.2, 0.25) is 0 Å². The van der Waals surface area contributed by atoms with Crippen LogP contribution in [0, 0.1) is 24.2 Å². The molecule has 0 fully saturated rings. The molecule has 2 aromatic heterocycles. The summed E-state index contributed by atoms with van der Waals surface area (Å²) >= 11 is 1.37. The minimum absolute atomic E-state index is 0.215. The van der Waals surface area contributed by atoms with Crippen molar-refractivity contribution in [2.75, 3.05) is 0 Å². The summed E-state index contributed by atoms with van der Waals surface area (Å²) in [7, 11) is 1.47. The zero-order valence-electron chi connectivity index (χ0n) is 16.3. The van der Waals surface area contributed by atoms with Gasteiger partial charge >= 0.3 is 5.69 Å². The van der Waals surface area contributed by atoms with Gasteiger partial charge < -0.3 is 0 Å². The zero-order valence-corrected chi connectivity index (χ0v) is 17.1. The molecule has 0 saturated carbocycles. The van der Waals surface area contributed by atoms with Gasteiger partial charge in [0, 0.05) is 19.3 Å². The Kier molecular flexibility index (Phi) is 5.66. The van der Waals surface area contributed by atoms with Crippen molar-refractivity contribution in [3.63, 3.8) is 0 Å². The molecule has 0 N–H and O–H groups in total. The Morgan fingerprint density at radius 1 is 1.21 bits per heavy atom. The summed E-state index contributed by atoms with van der Waals surface area (Å²) in [4.78, 5) is 34.4. The van der Waals surface area contributed by atoms with Crippen LogP contribution in [-0.4, -0.2) is 19.1 Å². The third-order valence-electron chi connectivity index (χ3n) is 4.31. The monoisotopic (exact) mass is 395 g/mol. The molecule has 0 aliphatic rings. The lowest BCUT2D eigenvalue weighted by Gasteiger charge is -2.15. The number of hydrogen-bond acceptors (Lipinski definition) is 6. The first kappa shape index (κ1) is 19.8. The highest BCUT2D eigenvalue weighted by atomic mass is 32.2. The number of nitriles is 1. The fourth-order valence-corrected chi connectivity index (χ4v) is 4.04. The molecule has 7 nitrogen and oxygen atoms in total. The lowest BCUT2D eigenvalue weighted by Crippen LogP contribution is -2.39. The van der Waals surface area contributed by atoms with Crippen molar-refractivity contribution in [1.29, 1.82) is 5.26 Å². The lowest BCUT2D eigenvalue weighted by atomic mass is 10.1. The number of hydrogen-bond donors (Lipinski definition) is 0. The predicted molar refractivity (Wildman–Crippen MR) is 109 cm³/mol. The van der Waals surface area contributed by atoms with Gasteiger partial charge in [0.25, 0.3) is 5.56 Å². The molecule has 144 valence electrons. The minimum Gasteiger partial charge on any atom is -0.277 e. The Bertz CT molecular complexity index is 1200. The van der Waals surface area contributed by atoms with Crippen LogP contribution in [0.4, 0.5) is 0 Å². The molecule has 2 heterocycles. The number of aryl methyl sites for hydroxylation is 1. The van der Waals surface area contributed by atoms with E-state index >= 15 is 0 Å². The first-order valence-corrected chi connectivity index (χ1v) is 9.91. The van der Waals surface area contributed by atoms with Crippen molar-refractivity contribution in [2.24, 2.45) is 13.0 Å². The van der Waals surface area contributed by atoms with Gasteiger partial charge in [-0.2, -0.15) is 5.26 Å². The van der Waals surface area contributed by atoms with Crippen LogP contribution in [0.3, 0.4) is 0 Å². The van der Waals surface area contributed by atoms with Crippen molar-refractivity contribution in [3.8, 4) is 6.07 Å². The van der Waals surface area contributed by atoms with E-state index in [0.717, 1.165) is 10.1 Å². The molecule has 0 aliphatic heterocycles. The molecule has 0 aliphatic carbocycles. The molecule has 0 radical (unpaired) electrons. The Morgan fingerprint density at radius 3 is 2.61 bits per heavy atom. The van der Waals surface area contributed by atoms with Gasteiger partial charge in [0.15, 0.2) is 5.65 Å². The summed E-state index contributed by atoms with van der Waals surface area (Å²) in [6, 6.07) is 9.52. The second-order valence-corrected chi connectivity index (χ2v) is 7.95. The zero-order chi connectivity index (χ0) is 20.4. The predicted octanol–water partition coefficient (Wildman–Crippen LogP) is 2.62. The Balaban J connectivity index is 2.18. The number of fused-ring (bicyclic) bond motifs is 1. The summed E-state index contributed by atoms with van der Waals surface area (Å²) in [6.45, 7) is 6.22. The van der Waals surface area contributed by atoms with Gasteiger partial charge in [0.05, 0.1) is 11.6 Å². The molecule has 28 heavy (non-hydrogen) atoms. The fraction of sp³-hybridized carbons (Fsp3) is 0.350. The number of rotatable bonds is 5. The maximum absolute atomic E-state index is 12.9. The molecular formula is C20H21N5O2S. The second-order valence-electron chi connectivity index (χ2n) is 6.98. The fourth-order valence-electron chi connectivity index (χ4n) is 2.98. The molecule has 8 heteroatoms. The Hall–Kier alpha value is -2.92. The van der Waals surface area contributed by atoms with Crippen LogP contribution < -0.4 is 11.2 Å². The third-order valence-corrected chi connectivity index (χ3v) is 5.33. The van der Waals surface area contributed by atoms with Crippen LogP contribution in [-0.2, 0) is 19.3 Å². The van der Waals surface area contributed by atoms with E-state index in [1.807, 2.05) is 32.0 Å². The second kappa shape index (κ2) is 7.98. The van der Waals surface area contributed by atoms with Crippen molar-refractivity contribution < 1.29 is 0 Å². The highest BCUT2D eigenvalue weighted by Gasteiger charge is 2.19. The molecule has 0 spiro atoms. The number of benzene rings is 1. The molecule has 0 bridgehead atoms. The third kappa shape index (κ3) is 3.71. The lowest BCUT2D eigenvalue weighted by molar-refractivity contribution is 0.498. The van der Waals surface area contributed by atoms with E-state index in [1.54, 1.807) is 17.6 Å². The smallest absolute Gasteiger partial charge is 0.277 e. The summed E-state index contributed by atoms with van der Waals surface area (Å²) in [5.41, 5.74) is 1.04. The van der Waals surface area contributed by atoms with Crippen molar-refractivity contribution >= 4 is 22.8 Å². The quantitative estimate of drug-likeness (QED) is 0.487. The van der Waals surface area contributed by atoms with Crippen LogP contribution in [0.25, 0.3) is 11.0 Å². The molecule has 0 saturated heterocycles. The molecule has 3 rings (SSSR count). The van der Waals surface area contributed by atoms with Crippen molar-refractivity contribution in [2.45, 2.75) is 38.1 Å². The summed E-state index contributed by atoms with van der Waals surface area (Å²) < 4.78 is 2.65. The van der Waals surface area contributed by atoms with Crippen LogP contribution >= 0.6 is 11.8 Å². The van der Waals surface area contributed by atoms with E-state index in [9.17, 15) is 14.9 Å². The van der Waals surface area contributed by atoms with E-state index in [-0.39, 0.29) is 11.6 Å². The van der Waals surface area contributed by atoms with E-state index < -0.39 is 5.56 Å². The average Bonchev–Trinajstić information content (AvgIpc) is 2.67. The van der Waals surface area contributed by atoms with E-state index in [1.165, 1.54) is 18.8 Å². The topological polar surface area (TPSA) is 93.6 Å². The molecule has 0 unspecified atom stereocenters. The average molecular weight is 395 g/mol. The Morgan fingerprint density at radius 2 is 1.93 bits per heavy atom. The van der Waals surface area contributed by atoms with Gasteiger partial charge in [-0.15, -0.1) is 11.8 Å². The maximum Gasteiger partial charge on any atom is 0.332 e. The number of thioether (sulfide) groups is 1. The molecule has 3 aromatic rings. The highest BCUT2D eigenvalue weighted by Crippen LogP contribution is 2.27. The van der Waals surface area contributed by atoms with Crippen molar-refractivity contribution in [3.05, 3.63) is 62.1 Å². The summed E-state index contributed by atoms with van der Waals surface area (Å²) in [5, 5.41) is 10.1. The van der Waals surface area contributed by atoms with Gasteiger partial charge in [-0.1, -0.05) is 32.0 Å². The minimum atomic E-state index is -0.406. The van der Waals surface area contributed by atoms with Gasteiger partial charge in [0.2, 0.25) is 0 Å². The highest BCUT2D eigenvalue weighted by molar-refractivity contribution is 7.98. The molecular weight excluding hydrogens is 374 g/mol. The molecule has 1 aromatic carbocycles. The normalized spacial score (nSPS) is 11.1. The summed E-state index contributed by atoms with van der Waals surface area (Å²) in [5.74, 6) is 1.20. The molecule has 0 atom stereocenters. The van der Waals surface area contributed by atoms with Gasteiger partial charge in [-0.25, -0.2) is 14.8 Å². The number of aromatic nitrogens is 4. The standard InChI is InChI=1S/C20H21N5O2S/c1-12(2)10-25-17-16(19(26)24(4)20(25)27)18(23-13(3)22-17)28-11-15-8-6-5-7-14(15)9-21/h5-8,12H,10-11H2,1-4H3. The maximum atomic E-state index is 12.9. The van der Waals surface area contributed by atoms with E-state index in [0.29, 0.717) is 39.7 Å². The van der Waals surface area contributed by atoms with E-state index in [2.05, 4.69) is 16.0 Å². The van der Waals surface area contributed by atoms with Gasteiger partial charge in [-0.05, 0) is 24.5 Å². The van der Waals surface area contributed by atoms with Crippen LogP contribution in [0.15, 0.2) is 38.9 Å². The first-order chi connectivity index (χ1) is 13.3. The Labute approximate surface area is 166 Å². The van der Waals surface area contributed by atoms with Gasteiger partial charge in [0.1, 0.15) is 16.2 Å². The first-order valence-electron chi connectivity index (χ1n) is 8.92.